The Bertz CT molecular complexity index is 1350. The summed E-state index contributed by atoms with van der Waals surface area (Å²) >= 11 is 6.01. The van der Waals surface area contributed by atoms with E-state index in [9.17, 15) is 4.79 Å². The number of halogens is 1. The molecule has 0 saturated carbocycles. The van der Waals surface area contributed by atoms with Gasteiger partial charge in [0, 0.05) is 30.1 Å². The summed E-state index contributed by atoms with van der Waals surface area (Å²) in [5, 5.41) is 3.50. The molecule has 0 aliphatic rings. The maximum Gasteiger partial charge on any atom is 0.251 e. The number of nitrogens with one attached hydrogen (secondary N) is 1. The topological polar surface area (TPSA) is 65.4 Å². The summed E-state index contributed by atoms with van der Waals surface area (Å²) in [7, 11) is 1.65. The highest BCUT2D eigenvalue weighted by Crippen LogP contribution is 2.28. The van der Waals surface area contributed by atoms with Gasteiger partial charge in [-0.15, -0.1) is 6.58 Å². The number of imidazole rings is 1. The van der Waals surface area contributed by atoms with E-state index in [4.69, 9.17) is 26.1 Å². The van der Waals surface area contributed by atoms with E-state index in [1.54, 1.807) is 31.4 Å². The first kappa shape index (κ1) is 25.3. The van der Waals surface area contributed by atoms with Gasteiger partial charge in [-0.25, -0.2) is 4.98 Å². The minimum Gasteiger partial charge on any atom is -0.493 e. The molecule has 1 heterocycles. The second-order valence-corrected chi connectivity index (χ2v) is 8.80. The summed E-state index contributed by atoms with van der Waals surface area (Å²) in [4.78, 5) is 17.3. The first-order valence-corrected chi connectivity index (χ1v) is 12.4. The summed E-state index contributed by atoms with van der Waals surface area (Å²) in [6.45, 7) is 5.54. The molecule has 3 aromatic carbocycles. The number of fused-ring (bicyclic) bond motifs is 1. The summed E-state index contributed by atoms with van der Waals surface area (Å²) < 4.78 is 13.7. The second kappa shape index (κ2) is 12.3. The zero-order valence-electron chi connectivity index (χ0n) is 20.4. The average molecular weight is 504 g/mol. The molecule has 0 aliphatic carbocycles. The number of hydrogen-bond donors (Lipinski definition) is 1. The highest BCUT2D eigenvalue weighted by Gasteiger charge is 2.12. The maximum absolute atomic E-state index is 12.5. The molecule has 6 nitrogen and oxygen atoms in total. The van der Waals surface area contributed by atoms with E-state index in [2.05, 4.69) is 22.5 Å². The molecule has 0 saturated heterocycles. The molecule has 0 spiro atoms. The molecule has 0 fully saturated rings. The minimum absolute atomic E-state index is 0.151. The number of carbonyl (C=O) groups excluding carboxylic acids is 1. The molecule has 0 aliphatic heterocycles. The van der Waals surface area contributed by atoms with Crippen LogP contribution in [-0.2, 0) is 19.4 Å². The Hall–Kier alpha value is -3.77. The van der Waals surface area contributed by atoms with Crippen LogP contribution in [0.2, 0.25) is 5.02 Å². The van der Waals surface area contributed by atoms with Gasteiger partial charge in [-0.05, 0) is 60.9 Å². The molecular weight excluding hydrogens is 474 g/mol. The van der Waals surface area contributed by atoms with Gasteiger partial charge >= 0.3 is 0 Å². The molecule has 0 bridgehead atoms. The van der Waals surface area contributed by atoms with Gasteiger partial charge in [0.1, 0.15) is 5.82 Å². The van der Waals surface area contributed by atoms with Crippen LogP contribution in [0.1, 0.15) is 28.2 Å². The van der Waals surface area contributed by atoms with Crippen molar-refractivity contribution in [3.63, 3.8) is 0 Å². The third-order valence-electron chi connectivity index (χ3n) is 5.85. The molecule has 1 amide bonds. The lowest BCUT2D eigenvalue weighted by Crippen LogP contribution is -2.26. The summed E-state index contributed by atoms with van der Waals surface area (Å²) in [5.41, 5.74) is 3.68. The number of rotatable bonds is 12. The molecule has 0 atom stereocenters. The van der Waals surface area contributed by atoms with Crippen molar-refractivity contribution in [1.29, 1.82) is 0 Å². The fourth-order valence-corrected chi connectivity index (χ4v) is 4.31. The van der Waals surface area contributed by atoms with E-state index in [0.717, 1.165) is 53.3 Å². The fraction of sp³-hybridized carbons (Fsp3) is 0.241. The van der Waals surface area contributed by atoms with Crippen LogP contribution in [0.4, 0.5) is 0 Å². The number of allylic oxidation sites excluding steroid dienone is 1. The summed E-state index contributed by atoms with van der Waals surface area (Å²) in [5.74, 6) is 2.22. The van der Waals surface area contributed by atoms with Crippen LogP contribution in [0.25, 0.3) is 11.0 Å². The normalized spacial score (nSPS) is 10.8. The van der Waals surface area contributed by atoms with Crippen LogP contribution in [0.15, 0.2) is 79.4 Å². The predicted octanol–water partition coefficient (Wildman–Crippen LogP) is 5.87. The molecular formula is C29H30ClN3O3. The van der Waals surface area contributed by atoms with Gasteiger partial charge < -0.3 is 19.4 Å². The van der Waals surface area contributed by atoms with Gasteiger partial charge in [0.25, 0.3) is 5.91 Å². The van der Waals surface area contributed by atoms with Crippen LogP contribution in [0, 0.1) is 0 Å². The van der Waals surface area contributed by atoms with E-state index in [0.29, 0.717) is 30.2 Å². The number of aromatic nitrogens is 2. The number of ether oxygens (including phenoxy) is 2. The molecule has 36 heavy (non-hydrogen) atoms. The number of aryl methyl sites for hydroxylation is 1. The lowest BCUT2D eigenvalue weighted by atomic mass is 10.1. The van der Waals surface area contributed by atoms with Crippen molar-refractivity contribution >= 4 is 28.5 Å². The smallest absolute Gasteiger partial charge is 0.251 e. The average Bonchev–Trinajstić information content (AvgIpc) is 3.24. The molecule has 186 valence electrons. The molecule has 4 rings (SSSR count). The molecule has 0 unspecified atom stereocenters. The highest BCUT2D eigenvalue weighted by atomic mass is 35.5. The predicted molar refractivity (Wildman–Crippen MR) is 144 cm³/mol. The Labute approximate surface area is 216 Å². The Balaban J connectivity index is 1.38. The van der Waals surface area contributed by atoms with Gasteiger partial charge in [0.2, 0.25) is 0 Å². The lowest BCUT2D eigenvalue weighted by Gasteiger charge is -2.13. The number of benzene rings is 3. The van der Waals surface area contributed by atoms with Crippen molar-refractivity contribution in [3.05, 3.63) is 101 Å². The van der Waals surface area contributed by atoms with Gasteiger partial charge in [-0.2, -0.15) is 0 Å². The Morgan fingerprint density at radius 1 is 1.11 bits per heavy atom. The Kier molecular flexibility index (Phi) is 8.63. The second-order valence-electron chi connectivity index (χ2n) is 8.36. The lowest BCUT2D eigenvalue weighted by molar-refractivity contribution is 0.0954. The van der Waals surface area contributed by atoms with Crippen LogP contribution in [0.3, 0.4) is 0 Å². The largest absolute Gasteiger partial charge is 0.493 e. The molecule has 0 radical (unpaired) electrons. The Morgan fingerprint density at radius 2 is 1.97 bits per heavy atom. The van der Waals surface area contributed by atoms with E-state index in [-0.39, 0.29) is 5.91 Å². The molecule has 7 heteroatoms. The van der Waals surface area contributed by atoms with Crippen molar-refractivity contribution in [2.75, 3.05) is 20.3 Å². The van der Waals surface area contributed by atoms with Crippen molar-refractivity contribution in [2.45, 2.75) is 25.8 Å². The Morgan fingerprint density at radius 3 is 2.78 bits per heavy atom. The van der Waals surface area contributed by atoms with Gasteiger partial charge in [0.15, 0.2) is 11.5 Å². The van der Waals surface area contributed by atoms with Crippen molar-refractivity contribution in [1.82, 2.24) is 14.9 Å². The van der Waals surface area contributed by atoms with E-state index in [1.165, 1.54) is 0 Å². The number of methoxy groups -OCH3 is 1. The number of nitrogens with zero attached hydrogens (tertiary/aromatic N) is 2. The standard InChI is InChI=1S/C29H30ClN3O3/c1-3-8-21-13-14-26(27(19-21)35-2)36-18-7-17-33-25-12-5-4-11-24(25)32-28(33)15-16-31-29(34)22-9-6-10-23(30)20-22/h3-6,9-14,19-20H,1,7-8,15-18H2,2H3,(H,31,34). The van der Waals surface area contributed by atoms with Crippen molar-refractivity contribution < 1.29 is 14.3 Å². The molecule has 1 aromatic heterocycles. The maximum atomic E-state index is 12.5. The van der Waals surface area contributed by atoms with Crippen LogP contribution >= 0.6 is 11.6 Å². The van der Waals surface area contributed by atoms with E-state index < -0.39 is 0 Å². The summed E-state index contributed by atoms with van der Waals surface area (Å²) in [6, 6.07) is 20.9. The van der Waals surface area contributed by atoms with E-state index >= 15 is 0 Å². The van der Waals surface area contributed by atoms with Crippen molar-refractivity contribution in [3.8, 4) is 11.5 Å². The first-order chi connectivity index (χ1) is 17.6. The van der Waals surface area contributed by atoms with E-state index in [1.807, 2.05) is 42.5 Å². The SMILES string of the molecule is C=CCc1ccc(OCCCn2c(CCNC(=O)c3cccc(Cl)c3)nc3ccccc32)c(OC)c1. The van der Waals surface area contributed by atoms with Crippen LogP contribution in [-0.4, -0.2) is 35.7 Å². The number of carbonyl (C=O) groups is 1. The van der Waals surface area contributed by atoms with Gasteiger partial charge in [0.05, 0.1) is 24.8 Å². The third kappa shape index (κ3) is 6.26. The molecule has 4 aromatic rings. The third-order valence-corrected chi connectivity index (χ3v) is 6.08. The number of hydrogen-bond acceptors (Lipinski definition) is 4. The summed E-state index contributed by atoms with van der Waals surface area (Å²) in [6.07, 6.45) is 4.05. The first-order valence-electron chi connectivity index (χ1n) is 12.0. The van der Waals surface area contributed by atoms with Crippen molar-refractivity contribution in [2.24, 2.45) is 0 Å². The number of para-hydroxylation sites is 2. The number of amides is 1. The zero-order chi connectivity index (χ0) is 25.3. The van der Waals surface area contributed by atoms with Gasteiger partial charge in [-0.1, -0.05) is 41.9 Å². The minimum atomic E-state index is -0.151. The fourth-order valence-electron chi connectivity index (χ4n) is 4.12. The van der Waals surface area contributed by atoms with Gasteiger partial charge in [-0.3, -0.25) is 4.79 Å². The monoisotopic (exact) mass is 503 g/mol. The molecule has 1 N–H and O–H groups in total. The zero-order valence-corrected chi connectivity index (χ0v) is 21.1. The quantitative estimate of drug-likeness (QED) is 0.194. The van der Waals surface area contributed by atoms with Crippen LogP contribution in [0.5, 0.6) is 11.5 Å². The van der Waals surface area contributed by atoms with Crippen LogP contribution < -0.4 is 14.8 Å². The highest BCUT2D eigenvalue weighted by molar-refractivity contribution is 6.30.